The van der Waals surface area contributed by atoms with Crippen LogP contribution in [0.25, 0.3) is 10.9 Å². The first kappa shape index (κ1) is 18.0. The highest BCUT2D eigenvalue weighted by Crippen LogP contribution is 2.36. The van der Waals surface area contributed by atoms with Crippen LogP contribution in [-0.2, 0) is 9.53 Å². The molecular formula is C22H24N2O2. The minimum Gasteiger partial charge on any atom is -0.361 e. The summed E-state index contributed by atoms with van der Waals surface area (Å²) in [6, 6.07) is 17.9. The number of ether oxygens (including phenoxy) is 1. The quantitative estimate of drug-likeness (QED) is 0.502. The molecule has 3 rings (SSSR count). The van der Waals surface area contributed by atoms with Gasteiger partial charge in [0, 0.05) is 28.8 Å². The molecule has 0 saturated carbocycles. The predicted molar refractivity (Wildman–Crippen MR) is 105 cm³/mol. The summed E-state index contributed by atoms with van der Waals surface area (Å²) in [5.41, 5.74) is 4.22. The lowest BCUT2D eigenvalue weighted by atomic mass is 9.94. The van der Waals surface area contributed by atoms with Crippen molar-refractivity contribution in [3.63, 3.8) is 0 Å². The summed E-state index contributed by atoms with van der Waals surface area (Å²) in [4.78, 5) is 17.9. The second-order valence-electron chi connectivity index (χ2n) is 6.16. The van der Waals surface area contributed by atoms with Gasteiger partial charge in [0.2, 0.25) is 5.91 Å². The molecule has 0 fully saturated rings. The molecule has 1 unspecified atom stereocenters. The summed E-state index contributed by atoms with van der Waals surface area (Å²) in [5.74, 6) is -0.156. The fraction of sp³-hybridized carbons (Fsp3) is 0.227. The minimum atomic E-state index is -0.260. The molecule has 134 valence electrons. The Bertz CT molecular complexity index is 899. The van der Waals surface area contributed by atoms with Gasteiger partial charge in [-0.3, -0.25) is 4.79 Å². The number of H-pyrrole nitrogens is 1. The molecule has 26 heavy (non-hydrogen) atoms. The van der Waals surface area contributed by atoms with E-state index in [1.165, 1.54) is 6.08 Å². The van der Waals surface area contributed by atoms with Crippen LogP contribution in [0.1, 0.15) is 29.8 Å². The van der Waals surface area contributed by atoms with E-state index in [1.54, 1.807) is 4.90 Å². The lowest BCUT2D eigenvalue weighted by molar-refractivity contribution is -0.133. The molecule has 4 nitrogen and oxygen atoms in total. The highest BCUT2D eigenvalue weighted by molar-refractivity contribution is 5.90. The van der Waals surface area contributed by atoms with Crippen molar-refractivity contribution in [3.8, 4) is 0 Å². The Labute approximate surface area is 154 Å². The van der Waals surface area contributed by atoms with Crippen LogP contribution in [0.4, 0.5) is 0 Å². The summed E-state index contributed by atoms with van der Waals surface area (Å²) in [5, 5.41) is 1.11. The lowest BCUT2D eigenvalue weighted by Gasteiger charge is -2.31. The molecule has 1 N–H and O–H groups in total. The normalized spacial score (nSPS) is 12.1. The lowest BCUT2D eigenvalue weighted by Crippen LogP contribution is -2.36. The number of fused-ring (bicyclic) bond motifs is 1. The topological polar surface area (TPSA) is 45.3 Å². The smallest absolute Gasteiger partial charge is 0.248 e. The highest BCUT2D eigenvalue weighted by Gasteiger charge is 2.29. The largest absolute Gasteiger partial charge is 0.361 e. The predicted octanol–water partition coefficient (Wildman–Crippen LogP) is 4.57. The van der Waals surface area contributed by atoms with Crippen molar-refractivity contribution in [2.45, 2.75) is 19.9 Å². The van der Waals surface area contributed by atoms with E-state index in [0.29, 0.717) is 6.61 Å². The first-order valence-electron chi connectivity index (χ1n) is 8.80. The number of nitrogens with one attached hydrogen (secondary N) is 1. The van der Waals surface area contributed by atoms with E-state index in [1.807, 2.05) is 56.3 Å². The number of nitrogens with zero attached hydrogens (tertiary/aromatic N) is 1. The van der Waals surface area contributed by atoms with Gasteiger partial charge < -0.3 is 14.6 Å². The number of carbonyl (C=O) groups is 1. The van der Waals surface area contributed by atoms with Gasteiger partial charge in [0.15, 0.2) is 0 Å². The SMILES string of the molecule is C=CC(=O)N(COCC)C(c1ccccc1)c1c(C)[nH]c2ccccc12. The van der Waals surface area contributed by atoms with Gasteiger partial charge in [-0.2, -0.15) is 0 Å². The van der Waals surface area contributed by atoms with E-state index in [9.17, 15) is 4.79 Å². The van der Waals surface area contributed by atoms with Crippen LogP contribution in [-0.4, -0.2) is 29.1 Å². The van der Waals surface area contributed by atoms with E-state index in [4.69, 9.17) is 4.74 Å². The van der Waals surface area contributed by atoms with E-state index >= 15 is 0 Å². The van der Waals surface area contributed by atoms with E-state index in [-0.39, 0.29) is 18.7 Å². The van der Waals surface area contributed by atoms with Crippen molar-refractivity contribution in [2.75, 3.05) is 13.3 Å². The van der Waals surface area contributed by atoms with E-state index in [0.717, 1.165) is 27.7 Å². The Kier molecular flexibility index (Phi) is 5.54. The maximum Gasteiger partial charge on any atom is 0.248 e. The number of aromatic nitrogens is 1. The van der Waals surface area contributed by atoms with Gasteiger partial charge in [-0.05, 0) is 31.6 Å². The zero-order valence-electron chi connectivity index (χ0n) is 15.2. The average Bonchev–Trinajstić information content (AvgIpc) is 3.01. The van der Waals surface area contributed by atoms with E-state index in [2.05, 4.69) is 23.7 Å². The van der Waals surface area contributed by atoms with Gasteiger partial charge in [0.1, 0.15) is 6.73 Å². The van der Waals surface area contributed by atoms with Crippen molar-refractivity contribution in [1.29, 1.82) is 0 Å². The van der Waals surface area contributed by atoms with Crippen LogP contribution < -0.4 is 0 Å². The van der Waals surface area contributed by atoms with Crippen molar-refractivity contribution in [2.24, 2.45) is 0 Å². The molecule has 3 aromatic rings. The maximum absolute atomic E-state index is 12.7. The molecule has 0 spiro atoms. The molecular weight excluding hydrogens is 324 g/mol. The number of para-hydroxylation sites is 1. The molecule has 1 heterocycles. The number of aryl methyl sites for hydroxylation is 1. The van der Waals surface area contributed by atoms with Gasteiger partial charge in [-0.25, -0.2) is 0 Å². The monoisotopic (exact) mass is 348 g/mol. The van der Waals surface area contributed by atoms with Crippen LogP contribution in [0.3, 0.4) is 0 Å². The standard InChI is InChI=1S/C22H24N2O2/c1-4-20(25)24(15-26-5-2)22(17-11-7-6-8-12-17)21-16(3)23-19-14-10-9-13-18(19)21/h4,6-14,22-23H,1,5,15H2,2-3H3. The molecule has 0 aliphatic heterocycles. The molecule has 0 aliphatic rings. The van der Waals surface area contributed by atoms with Gasteiger partial charge in [-0.15, -0.1) is 0 Å². The van der Waals surface area contributed by atoms with Gasteiger partial charge in [0.25, 0.3) is 0 Å². The molecule has 2 aromatic carbocycles. The molecule has 0 bridgehead atoms. The second kappa shape index (κ2) is 8.02. The number of carbonyl (C=O) groups excluding carboxylic acids is 1. The summed E-state index contributed by atoms with van der Waals surface area (Å²) in [6.07, 6.45) is 1.35. The number of rotatable bonds is 7. The molecule has 1 amide bonds. The molecule has 1 atom stereocenters. The van der Waals surface area contributed by atoms with Crippen LogP contribution in [0, 0.1) is 6.92 Å². The average molecular weight is 348 g/mol. The Morgan fingerprint density at radius 2 is 1.88 bits per heavy atom. The van der Waals surface area contributed by atoms with Crippen molar-refractivity contribution in [3.05, 3.63) is 84.1 Å². The number of aromatic amines is 1. The van der Waals surface area contributed by atoms with Gasteiger partial charge in [-0.1, -0.05) is 55.1 Å². The summed E-state index contributed by atoms with van der Waals surface area (Å²) in [7, 11) is 0. The molecule has 0 aliphatic carbocycles. The van der Waals surface area contributed by atoms with Gasteiger partial charge >= 0.3 is 0 Å². The molecule has 0 saturated heterocycles. The number of benzene rings is 2. The van der Waals surface area contributed by atoms with Gasteiger partial charge in [0.05, 0.1) is 6.04 Å². The third-order valence-electron chi connectivity index (χ3n) is 4.54. The molecule has 0 radical (unpaired) electrons. The molecule has 4 heteroatoms. The third-order valence-corrected chi connectivity index (χ3v) is 4.54. The number of hydrogen-bond acceptors (Lipinski definition) is 2. The second-order valence-corrected chi connectivity index (χ2v) is 6.16. The van der Waals surface area contributed by atoms with Crippen molar-refractivity contribution in [1.82, 2.24) is 9.88 Å². The summed E-state index contributed by atoms with van der Waals surface area (Å²) < 4.78 is 5.62. The fourth-order valence-electron chi connectivity index (χ4n) is 3.36. The molecule has 1 aromatic heterocycles. The Morgan fingerprint density at radius 3 is 2.58 bits per heavy atom. The maximum atomic E-state index is 12.7. The zero-order chi connectivity index (χ0) is 18.5. The van der Waals surface area contributed by atoms with Crippen LogP contribution >= 0.6 is 0 Å². The van der Waals surface area contributed by atoms with Crippen LogP contribution in [0.15, 0.2) is 67.3 Å². The minimum absolute atomic E-state index is 0.156. The van der Waals surface area contributed by atoms with E-state index < -0.39 is 0 Å². The summed E-state index contributed by atoms with van der Waals surface area (Å²) >= 11 is 0. The third kappa shape index (κ3) is 3.41. The Balaban J connectivity index is 2.21. The van der Waals surface area contributed by atoms with Crippen molar-refractivity contribution < 1.29 is 9.53 Å². The van der Waals surface area contributed by atoms with Crippen LogP contribution in [0.5, 0.6) is 0 Å². The number of hydrogen-bond donors (Lipinski definition) is 1. The Morgan fingerprint density at radius 1 is 1.19 bits per heavy atom. The van der Waals surface area contributed by atoms with Crippen LogP contribution in [0.2, 0.25) is 0 Å². The summed E-state index contributed by atoms with van der Waals surface area (Å²) in [6.45, 7) is 8.39. The number of amides is 1. The fourth-order valence-corrected chi connectivity index (χ4v) is 3.36. The van der Waals surface area contributed by atoms with Crippen molar-refractivity contribution >= 4 is 16.8 Å². The first-order chi connectivity index (χ1) is 12.7. The zero-order valence-corrected chi connectivity index (χ0v) is 15.2. The highest BCUT2D eigenvalue weighted by atomic mass is 16.5. The Hall–Kier alpha value is -2.85. The first-order valence-corrected chi connectivity index (χ1v) is 8.80.